The van der Waals surface area contributed by atoms with Crippen LogP contribution in [0.4, 0.5) is 0 Å². The highest BCUT2D eigenvalue weighted by molar-refractivity contribution is 7.10. The standard InChI is InChI=1S/C25H25NO3S/c27-16-25-23(12-13-30-25)21-9-3-2-7-19(21)14-26-15-20(28)17-29-24-11-5-8-18-6-1-4-10-22(18)24/h1-13,20,26-28H,14-17H2. The Bertz CT molecular complexity index is 1100. The van der Waals surface area contributed by atoms with Crippen molar-refractivity contribution in [2.24, 2.45) is 0 Å². The minimum atomic E-state index is -0.620. The summed E-state index contributed by atoms with van der Waals surface area (Å²) < 4.78 is 5.88. The molecule has 5 heteroatoms. The van der Waals surface area contributed by atoms with Crippen LogP contribution in [0.15, 0.2) is 78.2 Å². The molecule has 1 heterocycles. The van der Waals surface area contributed by atoms with Gasteiger partial charge < -0.3 is 20.3 Å². The van der Waals surface area contributed by atoms with Gasteiger partial charge in [-0.25, -0.2) is 0 Å². The highest BCUT2D eigenvalue weighted by atomic mass is 32.1. The number of rotatable bonds is 9. The highest BCUT2D eigenvalue weighted by Gasteiger charge is 2.11. The van der Waals surface area contributed by atoms with Gasteiger partial charge >= 0.3 is 0 Å². The second-order valence-electron chi connectivity index (χ2n) is 7.15. The summed E-state index contributed by atoms with van der Waals surface area (Å²) >= 11 is 1.56. The van der Waals surface area contributed by atoms with Crippen molar-refractivity contribution in [2.45, 2.75) is 19.3 Å². The predicted molar refractivity (Wildman–Crippen MR) is 123 cm³/mol. The fraction of sp³-hybridized carbons (Fsp3) is 0.200. The lowest BCUT2D eigenvalue weighted by molar-refractivity contribution is 0.107. The molecule has 30 heavy (non-hydrogen) atoms. The molecule has 0 radical (unpaired) electrons. The van der Waals surface area contributed by atoms with Gasteiger partial charge in [-0.15, -0.1) is 11.3 Å². The first-order valence-corrected chi connectivity index (χ1v) is 10.9. The van der Waals surface area contributed by atoms with Crippen LogP contribution in [0.2, 0.25) is 0 Å². The zero-order chi connectivity index (χ0) is 20.8. The minimum Gasteiger partial charge on any atom is -0.490 e. The van der Waals surface area contributed by atoms with Crippen molar-refractivity contribution in [2.75, 3.05) is 13.2 Å². The van der Waals surface area contributed by atoms with Crippen LogP contribution in [0.5, 0.6) is 5.75 Å². The van der Waals surface area contributed by atoms with Gasteiger partial charge in [0.25, 0.3) is 0 Å². The molecule has 4 aromatic rings. The lowest BCUT2D eigenvalue weighted by atomic mass is 10.0. The molecule has 0 fully saturated rings. The molecule has 0 saturated carbocycles. The number of benzene rings is 3. The van der Waals surface area contributed by atoms with E-state index in [1.165, 1.54) is 0 Å². The normalized spacial score (nSPS) is 12.2. The molecule has 1 unspecified atom stereocenters. The maximum Gasteiger partial charge on any atom is 0.127 e. The Hall–Kier alpha value is -2.70. The average Bonchev–Trinajstić information content (AvgIpc) is 3.27. The summed E-state index contributed by atoms with van der Waals surface area (Å²) in [5, 5.41) is 27.4. The van der Waals surface area contributed by atoms with Crippen LogP contribution >= 0.6 is 11.3 Å². The van der Waals surface area contributed by atoms with E-state index in [2.05, 4.69) is 17.4 Å². The van der Waals surface area contributed by atoms with Gasteiger partial charge in [-0.1, -0.05) is 60.7 Å². The lowest BCUT2D eigenvalue weighted by Crippen LogP contribution is -2.31. The SMILES string of the molecule is OCc1sccc1-c1ccccc1CNCC(O)COc1cccc2ccccc12. The Balaban J connectivity index is 1.34. The first-order valence-electron chi connectivity index (χ1n) is 10.0. The second-order valence-corrected chi connectivity index (χ2v) is 8.15. The summed E-state index contributed by atoms with van der Waals surface area (Å²) in [6.07, 6.45) is -0.620. The van der Waals surface area contributed by atoms with Gasteiger partial charge in [0.2, 0.25) is 0 Å². The third kappa shape index (κ3) is 4.71. The zero-order valence-corrected chi connectivity index (χ0v) is 17.4. The molecule has 1 aromatic heterocycles. The number of aliphatic hydroxyl groups excluding tert-OH is 2. The molecule has 1 atom stereocenters. The molecule has 0 aliphatic heterocycles. The molecular formula is C25H25NO3S. The van der Waals surface area contributed by atoms with E-state index < -0.39 is 6.10 Å². The maximum absolute atomic E-state index is 10.4. The third-order valence-corrected chi connectivity index (χ3v) is 5.98. The van der Waals surface area contributed by atoms with E-state index in [0.29, 0.717) is 13.1 Å². The second kappa shape index (κ2) is 9.87. The molecule has 4 rings (SSSR count). The van der Waals surface area contributed by atoms with Crippen molar-refractivity contribution in [1.82, 2.24) is 5.32 Å². The number of fused-ring (bicyclic) bond motifs is 1. The summed E-state index contributed by atoms with van der Waals surface area (Å²) in [5.41, 5.74) is 3.31. The van der Waals surface area contributed by atoms with E-state index in [1.807, 2.05) is 66.0 Å². The molecule has 154 valence electrons. The van der Waals surface area contributed by atoms with Crippen LogP contribution < -0.4 is 10.1 Å². The summed E-state index contributed by atoms with van der Waals surface area (Å²) in [7, 11) is 0. The topological polar surface area (TPSA) is 61.7 Å². The first-order chi connectivity index (χ1) is 14.8. The van der Waals surface area contributed by atoms with E-state index in [9.17, 15) is 10.2 Å². The Morgan fingerprint density at radius 1 is 0.900 bits per heavy atom. The smallest absolute Gasteiger partial charge is 0.127 e. The van der Waals surface area contributed by atoms with Gasteiger partial charge in [0, 0.05) is 23.4 Å². The van der Waals surface area contributed by atoms with E-state index in [4.69, 9.17) is 4.74 Å². The van der Waals surface area contributed by atoms with Crippen LogP contribution in [0.25, 0.3) is 21.9 Å². The first kappa shape index (κ1) is 20.6. The number of aliphatic hydroxyl groups is 2. The number of hydrogen-bond acceptors (Lipinski definition) is 5. The van der Waals surface area contributed by atoms with Gasteiger partial charge in [0.05, 0.1) is 6.61 Å². The summed E-state index contributed by atoms with van der Waals surface area (Å²) in [6.45, 7) is 1.32. The number of thiophene rings is 1. The van der Waals surface area contributed by atoms with Crippen LogP contribution in [-0.4, -0.2) is 29.5 Å². The van der Waals surface area contributed by atoms with Gasteiger partial charge in [-0.05, 0) is 39.6 Å². The maximum atomic E-state index is 10.4. The van der Waals surface area contributed by atoms with E-state index in [0.717, 1.165) is 38.1 Å². The molecule has 0 aliphatic carbocycles. The van der Waals surface area contributed by atoms with E-state index in [1.54, 1.807) is 11.3 Å². The average molecular weight is 420 g/mol. The van der Waals surface area contributed by atoms with Crippen molar-refractivity contribution in [3.63, 3.8) is 0 Å². The van der Waals surface area contributed by atoms with Gasteiger partial charge in [0.15, 0.2) is 0 Å². The van der Waals surface area contributed by atoms with E-state index >= 15 is 0 Å². The van der Waals surface area contributed by atoms with Crippen molar-refractivity contribution in [3.8, 4) is 16.9 Å². The summed E-state index contributed by atoms with van der Waals surface area (Å²) in [4.78, 5) is 0.964. The number of nitrogens with one attached hydrogen (secondary N) is 1. The fourth-order valence-electron chi connectivity index (χ4n) is 3.58. The third-order valence-electron chi connectivity index (χ3n) is 5.07. The lowest BCUT2D eigenvalue weighted by Gasteiger charge is -2.16. The molecule has 0 aliphatic rings. The molecule has 0 amide bonds. The van der Waals surface area contributed by atoms with Gasteiger partial charge in [-0.3, -0.25) is 0 Å². The number of ether oxygens (including phenoxy) is 1. The Labute approximate surface area is 180 Å². The van der Waals surface area contributed by atoms with Crippen LogP contribution in [0.3, 0.4) is 0 Å². The van der Waals surface area contributed by atoms with Gasteiger partial charge in [0.1, 0.15) is 18.5 Å². The summed E-state index contributed by atoms with van der Waals surface area (Å²) in [5.74, 6) is 0.784. The summed E-state index contributed by atoms with van der Waals surface area (Å²) in [6, 6.07) is 24.2. The minimum absolute atomic E-state index is 0.0407. The molecular weight excluding hydrogens is 394 g/mol. The Morgan fingerprint density at radius 3 is 2.60 bits per heavy atom. The molecule has 3 aromatic carbocycles. The fourth-order valence-corrected chi connectivity index (χ4v) is 4.33. The largest absolute Gasteiger partial charge is 0.490 e. The number of hydrogen-bond donors (Lipinski definition) is 3. The molecule has 4 nitrogen and oxygen atoms in total. The monoisotopic (exact) mass is 419 g/mol. The molecule has 0 saturated heterocycles. The quantitative estimate of drug-likeness (QED) is 0.371. The van der Waals surface area contributed by atoms with Crippen molar-refractivity contribution in [1.29, 1.82) is 0 Å². The zero-order valence-electron chi connectivity index (χ0n) is 16.6. The highest BCUT2D eigenvalue weighted by Crippen LogP contribution is 2.31. The van der Waals surface area contributed by atoms with Crippen LogP contribution in [0.1, 0.15) is 10.4 Å². The molecule has 0 bridgehead atoms. The van der Waals surface area contributed by atoms with Crippen LogP contribution in [0, 0.1) is 0 Å². The predicted octanol–water partition coefficient (Wildman–Crippen LogP) is 4.59. The Kier molecular flexibility index (Phi) is 6.77. The molecule has 3 N–H and O–H groups in total. The van der Waals surface area contributed by atoms with Crippen LogP contribution in [-0.2, 0) is 13.2 Å². The molecule has 0 spiro atoms. The van der Waals surface area contributed by atoms with Crippen molar-refractivity contribution >= 4 is 22.1 Å². The van der Waals surface area contributed by atoms with E-state index in [-0.39, 0.29) is 13.2 Å². The van der Waals surface area contributed by atoms with Gasteiger partial charge in [-0.2, -0.15) is 0 Å². The Morgan fingerprint density at radius 2 is 1.70 bits per heavy atom. The van der Waals surface area contributed by atoms with Crippen molar-refractivity contribution < 1.29 is 14.9 Å². The van der Waals surface area contributed by atoms with Crippen molar-refractivity contribution in [3.05, 3.63) is 88.6 Å².